The van der Waals surface area contributed by atoms with Crippen molar-refractivity contribution in [3.63, 3.8) is 0 Å². The molecule has 150 valence electrons. The number of rotatable bonds is 5. The van der Waals surface area contributed by atoms with Gasteiger partial charge in [0.25, 0.3) is 11.8 Å². The number of hydrogen-bond acceptors (Lipinski definition) is 4. The largest absolute Gasteiger partial charge is 0.350 e. The maximum atomic E-state index is 13.3. The minimum absolute atomic E-state index is 0.261. The van der Waals surface area contributed by atoms with Gasteiger partial charge in [-0.25, -0.2) is 4.90 Å². The summed E-state index contributed by atoms with van der Waals surface area (Å²) in [4.78, 5) is 29.0. The molecule has 0 aliphatic carbocycles. The Morgan fingerprint density at radius 3 is 2.30 bits per heavy atom. The van der Waals surface area contributed by atoms with Gasteiger partial charge in [0.05, 0.1) is 5.69 Å². The molecule has 0 saturated carbocycles. The average molecular weight is 435 g/mol. The van der Waals surface area contributed by atoms with Gasteiger partial charge in [0.2, 0.25) is 0 Å². The molecule has 4 rings (SSSR count). The Bertz CT molecular complexity index is 1170. The molecule has 3 aromatic rings. The van der Waals surface area contributed by atoms with E-state index < -0.39 is 5.91 Å². The van der Waals surface area contributed by atoms with E-state index in [0.29, 0.717) is 15.6 Å². The van der Waals surface area contributed by atoms with Crippen LogP contribution in [0.5, 0.6) is 0 Å². The lowest BCUT2D eigenvalue weighted by Crippen LogP contribution is -2.32. The fraction of sp³-hybridized carbons (Fsp3) is 0.0833. The maximum absolute atomic E-state index is 13.3. The Kier molecular flexibility index (Phi) is 5.66. The molecular formula is C24H19ClN2O2S. The normalized spacial score (nSPS) is 13.9. The van der Waals surface area contributed by atoms with Crippen LogP contribution in [-0.2, 0) is 9.59 Å². The predicted octanol–water partition coefficient (Wildman–Crippen LogP) is 5.95. The van der Waals surface area contributed by atoms with Crippen molar-refractivity contribution in [2.45, 2.75) is 18.7 Å². The highest BCUT2D eigenvalue weighted by Gasteiger charge is 2.40. The number of thioether (sulfide) groups is 1. The Morgan fingerprint density at radius 2 is 1.60 bits per heavy atom. The van der Waals surface area contributed by atoms with Crippen LogP contribution in [0.1, 0.15) is 11.1 Å². The van der Waals surface area contributed by atoms with Crippen LogP contribution in [0.15, 0.2) is 88.3 Å². The van der Waals surface area contributed by atoms with Gasteiger partial charge in [-0.1, -0.05) is 53.7 Å². The van der Waals surface area contributed by atoms with Crippen molar-refractivity contribution in [1.29, 1.82) is 0 Å². The van der Waals surface area contributed by atoms with E-state index in [4.69, 9.17) is 11.6 Å². The highest BCUT2D eigenvalue weighted by Crippen LogP contribution is 2.38. The highest BCUT2D eigenvalue weighted by atomic mass is 35.5. The van der Waals surface area contributed by atoms with Crippen LogP contribution < -0.4 is 10.2 Å². The number of hydrogen-bond donors (Lipinski definition) is 1. The number of aryl methyl sites for hydroxylation is 2. The van der Waals surface area contributed by atoms with E-state index in [1.165, 1.54) is 16.7 Å². The van der Waals surface area contributed by atoms with Crippen LogP contribution in [0.4, 0.5) is 11.4 Å². The molecule has 0 spiro atoms. The fourth-order valence-corrected chi connectivity index (χ4v) is 4.27. The van der Waals surface area contributed by atoms with Crippen molar-refractivity contribution in [1.82, 2.24) is 0 Å². The number of halogens is 1. The molecule has 30 heavy (non-hydrogen) atoms. The van der Waals surface area contributed by atoms with Gasteiger partial charge in [-0.2, -0.15) is 0 Å². The summed E-state index contributed by atoms with van der Waals surface area (Å²) in [5.41, 5.74) is 3.72. The predicted molar refractivity (Wildman–Crippen MR) is 123 cm³/mol. The molecule has 2 amide bonds. The summed E-state index contributed by atoms with van der Waals surface area (Å²) in [6.45, 7) is 4.04. The number of nitrogens with one attached hydrogen (secondary N) is 1. The zero-order valence-corrected chi connectivity index (χ0v) is 18.1. The van der Waals surface area contributed by atoms with Crippen molar-refractivity contribution in [2.24, 2.45) is 0 Å². The van der Waals surface area contributed by atoms with E-state index in [1.807, 2.05) is 62.4 Å². The fourth-order valence-electron chi connectivity index (χ4n) is 3.13. The minimum atomic E-state index is -0.404. The molecule has 3 aromatic carbocycles. The molecule has 0 radical (unpaired) electrons. The van der Waals surface area contributed by atoms with Gasteiger partial charge in [0.1, 0.15) is 10.6 Å². The SMILES string of the molecule is Cc1ccc(NC2=C(Sc3ccccc3)C(=O)N(c3cccc(Cl)c3)C2=O)cc1C. The van der Waals surface area contributed by atoms with Gasteiger partial charge >= 0.3 is 0 Å². The second-order valence-corrected chi connectivity index (χ2v) is 8.49. The van der Waals surface area contributed by atoms with E-state index in [-0.39, 0.29) is 11.6 Å². The monoisotopic (exact) mass is 434 g/mol. The maximum Gasteiger partial charge on any atom is 0.283 e. The summed E-state index contributed by atoms with van der Waals surface area (Å²) in [5, 5.41) is 3.65. The first kappa shape index (κ1) is 20.3. The number of benzene rings is 3. The molecule has 1 N–H and O–H groups in total. The van der Waals surface area contributed by atoms with E-state index in [0.717, 1.165) is 21.7 Å². The topological polar surface area (TPSA) is 49.4 Å². The molecule has 0 fully saturated rings. The molecule has 0 saturated heterocycles. The lowest BCUT2D eigenvalue weighted by molar-refractivity contribution is -0.120. The first-order valence-corrected chi connectivity index (χ1v) is 10.6. The van der Waals surface area contributed by atoms with Gasteiger partial charge in [0.15, 0.2) is 0 Å². The Hall–Kier alpha value is -3.02. The molecular weight excluding hydrogens is 416 g/mol. The highest BCUT2D eigenvalue weighted by molar-refractivity contribution is 8.04. The van der Waals surface area contributed by atoms with E-state index in [9.17, 15) is 9.59 Å². The van der Waals surface area contributed by atoms with Crippen molar-refractivity contribution in [2.75, 3.05) is 10.2 Å². The molecule has 1 heterocycles. The van der Waals surface area contributed by atoms with Crippen LogP contribution in [0.3, 0.4) is 0 Å². The van der Waals surface area contributed by atoms with Crippen molar-refractivity contribution < 1.29 is 9.59 Å². The number of carbonyl (C=O) groups excluding carboxylic acids is 2. The zero-order valence-electron chi connectivity index (χ0n) is 16.5. The summed E-state index contributed by atoms with van der Waals surface area (Å²) in [6, 6.07) is 22.1. The molecule has 6 heteroatoms. The summed E-state index contributed by atoms with van der Waals surface area (Å²) in [7, 11) is 0. The van der Waals surface area contributed by atoms with Crippen LogP contribution >= 0.6 is 23.4 Å². The summed E-state index contributed by atoms with van der Waals surface area (Å²) >= 11 is 7.37. The van der Waals surface area contributed by atoms with Gasteiger partial charge < -0.3 is 5.32 Å². The zero-order chi connectivity index (χ0) is 21.3. The van der Waals surface area contributed by atoms with Gasteiger partial charge in [-0.15, -0.1) is 0 Å². The van der Waals surface area contributed by atoms with Crippen molar-refractivity contribution in [3.8, 4) is 0 Å². The van der Waals surface area contributed by atoms with Gasteiger partial charge in [-0.05, 0) is 67.4 Å². The third kappa shape index (κ3) is 3.99. The van der Waals surface area contributed by atoms with Crippen LogP contribution in [0.2, 0.25) is 5.02 Å². The lowest BCUT2D eigenvalue weighted by atomic mass is 10.1. The lowest BCUT2D eigenvalue weighted by Gasteiger charge is -2.15. The minimum Gasteiger partial charge on any atom is -0.350 e. The summed E-state index contributed by atoms with van der Waals surface area (Å²) in [5.74, 6) is -0.777. The third-order valence-electron chi connectivity index (χ3n) is 4.85. The quantitative estimate of drug-likeness (QED) is 0.504. The standard InChI is InChI=1S/C24H19ClN2O2S/c1-15-11-12-18(13-16(15)2)26-21-22(30-20-9-4-3-5-10-20)24(29)27(23(21)28)19-8-6-7-17(25)14-19/h3-14,26H,1-2H3. The van der Waals surface area contributed by atoms with Crippen LogP contribution in [0.25, 0.3) is 0 Å². The Balaban J connectivity index is 1.76. The average Bonchev–Trinajstić information content (AvgIpc) is 2.95. The Morgan fingerprint density at radius 1 is 0.833 bits per heavy atom. The third-order valence-corrected chi connectivity index (χ3v) is 6.17. The first-order valence-electron chi connectivity index (χ1n) is 9.40. The molecule has 0 aromatic heterocycles. The number of nitrogens with zero attached hydrogens (tertiary/aromatic N) is 1. The van der Waals surface area contributed by atoms with Gasteiger partial charge in [-0.3, -0.25) is 9.59 Å². The summed E-state index contributed by atoms with van der Waals surface area (Å²) < 4.78 is 0. The van der Waals surface area contributed by atoms with Crippen molar-refractivity contribution in [3.05, 3.63) is 99.5 Å². The van der Waals surface area contributed by atoms with E-state index in [1.54, 1.807) is 24.3 Å². The van der Waals surface area contributed by atoms with Crippen LogP contribution in [0, 0.1) is 13.8 Å². The second kappa shape index (κ2) is 8.38. The molecule has 0 bridgehead atoms. The molecule has 1 aliphatic rings. The van der Waals surface area contributed by atoms with Crippen LogP contribution in [-0.4, -0.2) is 11.8 Å². The second-order valence-electron chi connectivity index (χ2n) is 6.97. The number of anilines is 2. The molecule has 1 aliphatic heterocycles. The van der Waals surface area contributed by atoms with E-state index in [2.05, 4.69) is 5.32 Å². The molecule has 0 unspecified atom stereocenters. The number of carbonyl (C=O) groups is 2. The smallest absolute Gasteiger partial charge is 0.283 e. The van der Waals surface area contributed by atoms with E-state index >= 15 is 0 Å². The molecule has 0 atom stereocenters. The Labute approximate surface area is 184 Å². The number of imide groups is 1. The molecule has 4 nitrogen and oxygen atoms in total. The summed E-state index contributed by atoms with van der Waals surface area (Å²) in [6.07, 6.45) is 0. The van der Waals surface area contributed by atoms with Gasteiger partial charge in [0, 0.05) is 15.6 Å². The first-order chi connectivity index (χ1) is 14.4. The van der Waals surface area contributed by atoms with Crippen molar-refractivity contribution >= 4 is 46.6 Å². The number of amides is 2.